The lowest BCUT2D eigenvalue weighted by Crippen LogP contribution is -1.91. The Morgan fingerprint density at radius 3 is 2.47 bits per heavy atom. The lowest BCUT2D eigenvalue weighted by Gasteiger charge is -2.03. The number of para-hydroxylation sites is 2. The topological polar surface area (TPSA) is 25.8 Å². The number of hydrogen-bond donors (Lipinski definition) is 0. The van der Waals surface area contributed by atoms with Crippen molar-refractivity contribution in [1.82, 2.24) is 9.97 Å². The molecule has 0 N–H and O–H groups in total. The highest BCUT2D eigenvalue weighted by Gasteiger charge is 2.02. The zero-order valence-corrected chi connectivity index (χ0v) is 10.4. The normalized spacial score (nSPS) is 11.6. The highest BCUT2D eigenvalue weighted by Crippen LogP contribution is 2.17. The van der Waals surface area contributed by atoms with Crippen LogP contribution in [0.25, 0.3) is 16.6 Å². The minimum atomic E-state index is 0.924. The number of allylic oxidation sites excluding steroid dienone is 4. The fourth-order valence-corrected chi connectivity index (χ4v) is 1.71. The molecule has 2 nitrogen and oxygen atoms in total. The van der Waals surface area contributed by atoms with E-state index in [2.05, 4.69) is 36.0 Å². The van der Waals surface area contributed by atoms with Gasteiger partial charge >= 0.3 is 0 Å². The summed E-state index contributed by atoms with van der Waals surface area (Å²) in [5.74, 6) is 0. The van der Waals surface area contributed by atoms with Gasteiger partial charge in [-0.3, -0.25) is 4.98 Å². The van der Waals surface area contributed by atoms with Crippen LogP contribution in [-0.4, -0.2) is 9.97 Å². The molecule has 0 saturated carbocycles. The molecule has 0 bridgehead atoms. The number of nitrogens with zero attached hydrogens (tertiary/aromatic N) is 2. The molecule has 1 aromatic carbocycles. The second-order valence-corrected chi connectivity index (χ2v) is 4.21. The highest BCUT2D eigenvalue weighted by molar-refractivity contribution is 5.78. The quantitative estimate of drug-likeness (QED) is 0.720. The summed E-state index contributed by atoms with van der Waals surface area (Å²) in [7, 11) is 0. The van der Waals surface area contributed by atoms with Gasteiger partial charge in [-0.2, -0.15) is 0 Å². The van der Waals surface area contributed by atoms with E-state index in [4.69, 9.17) is 0 Å². The van der Waals surface area contributed by atoms with Gasteiger partial charge in [0.15, 0.2) is 0 Å². The van der Waals surface area contributed by atoms with Crippen molar-refractivity contribution in [2.45, 2.75) is 20.8 Å². The summed E-state index contributed by atoms with van der Waals surface area (Å²) in [6.45, 7) is 6.18. The molecule has 0 unspecified atom stereocenters. The van der Waals surface area contributed by atoms with Crippen LogP contribution in [0, 0.1) is 0 Å². The van der Waals surface area contributed by atoms with E-state index in [1.807, 2.05) is 37.4 Å². The molecule has 2 aromatic rings. The Morgan fingerprint density at radius 1 is 1.12 bits per heavy atom. The fraction of sp³-hybridized carbons (Fsp3) is 0.200. The van der Waals surface area contributed by atoms with E-state index >= 15 is 0 Å². The molecule has 0 fully saturated rings. The Morgan fingerprint density at radius 2 is 1.82 bits per heavy atom. The molecular formula is C15H16N2. The van der Waals surface area contributed by atoms with Gasteiger partial charge in [0.05, 0.1) is 22.9 Å². The van der Waals surface area contributed by atoms with Gasteiger partial charge in [0.1, 0.15) is 0 Å². The summed E-state index contributed by atoms with van der Waals surface area (Å²) >= 11 is 0. The maximum Gasteiger partial charge on any atom is 0.0894 e. The monoisotopic (exact) mass is 224 g/mol. The Labute approximate surface area is 102 Å². The summed E-state index contributed by atoms with van der Waals surface area (Å²) in [5.41, 5.74) is 5.17. The third kappa shape index (κ3) is 2.59. The van der Waals surface area contributed by atoms with E-state index in [1.54, 1.807) is 0 Å². The zero-order chi connectivity index (χ0) is 12.3. The van der Waals surface area contributed by atoms with Crippen molar-refractivity contribution < 1.29 is 0 Å². The number of benzene rings is 1. The van der Waals surface area contributed by atoms with Crippen LogP contribution in [-0.2, 0) is 0 Å². The molecule has 0 aliphatic heterocycles. The second kappa shape index (κ2) is 4.91. The maximum absolute atomic E-state index is 4.62. The van der Waals surface area contributed by atoms with Crippen molar-refractivity contribution in [1.29, 1.82) is 0 Å². The summed E-state index contributed by atoms with van der Waals surface area (Å²) in [5, 5.41) is 0. The number of fused-ring (bicyclic) bond motifs is 1. The van der Waals surface area contributed by atoms with Crippen molar-refractivity contribution >= 4 is 16.6 Å². The zero-order valence-electron chi connectivity index (χ0n) is 10.4. The summed E-state index contributed by atoms with van der Waals surface area (Å²) in [4.78, 5) is 9.05. The average Bonchev–Trinajstić information content (AvgIpc) is 2.35. The van der Waals surface area contributed by atoms with Gasteiger partial charge in [-0.15, -0.1) is 0 Å². The van der Waals surface area contributed by atoms with Crippen LogP contribution < -0.4 is 0 Å². The summed E-state index contributed by atoms with van der Waals surface area (Å²) < 4.78 is 0. The Hall–Kier alpha value is -1.96. The van der Waals surface area contributed by atoms with E-state index in [0.717, 1.165) is 22.3 Å². The largest absolute Gasteiger partial charge is 0.252 e. The first kappa shape index (κ1) is 11.5. The lowest BCUT2D eigenvalue weighted by molar-refractivity contribution is 1.25. The van der Waals surface area contributed by atoms with Crippen LogP contribution in [0.3, 0.4) is 0 Å². The van der Waals surface area contributed by atoms with Crippen molar-refractivity contribution in [3.8, 4) is 0 Å². The molecule has 0 amide bonds. The molecule has 86 valence electrons. The smallest absolute Gasteiger partial charge is 0.0894 e. The summed E-state index contributed by atoms with van der Waals surface area (Å²) in [6, 6.07) is 7.92. The van der Waals surface area contributed by atoms with Crippen molar-refractivity contribution in [2.24, 2.45) is 0 Å². The third-order valence-corrected chi connectivity index (χ3v) is 2.50. The first-order valence-electron chi connectivity index (χ1n) is 5.74. The predicted octanol–water partition coefficient (Wildman–Crippen LogP) is 4.00. The van der Waals surface area contributed by atoms with Gasteiger partial charge in [-0.1, -0.05) is 29.9 Å². The highest BCUT2D eigenvalue weighted by atomic mass is 14.8. The summed E-state index contributed by atoms with van der Waals surface area (Å²) in [6.07, 6.45) is 6.02. The van der Waals surface area contributed by atoms with Crippen molar-refractivity contribution in [3.05, 3.63) is 53.9 Å². The van der Waals surface area contributed by atoms with E-state index in [-0.39, 0.29) is 0 Å². The lowest BCUT2D eigenvalue weighted by atomic mass is 10.1. The van der Waals surface area contributed by atoms with Gasteiger partial charge in [-0.05, 0) is 38.5 Å². The van der Waals surface area contributed by atoms with Crippen LogP contribution in [0.2, 0.25) is 0 Å². The molecule has 0 saturated heterocycles. The third-order valence-electron chi connectivity index (χ3n) is 2.50. The molecule has 0 aliphatic rings. The average molecular weight is 224 g/mol. The van der Waals surface area contributed by atoms with Gasteiger partial charge in [0, 0.05) is 0 Å². The molecule has 0 aliphatic carbocycles. The molecular weight excluding hydrogens is 208 g/mol. The SMILES string of the molecule is C/C=C(\C=C(C)C)c1cnc2ccccc2n1. The Balaban J connectivity index is 2.52. The number of hydrogen-bond acceptors (Lipinski definition) is 2. The van der Waals surface area contributed by atoms with Crippen molar-refractivity contribution in [2.75, 3.05) is 0 Å². The molecule has 0 atom stereocenters. The van der Waals surface area contributed by atoms with Crippen LogP contribution in [0.5, 0.6) is 0 Å². The molecule has 2 rings (SSSR count). The van der Waals surface area contributed by atoms with E-state index in [1.165, 1.54) is 5.57 Å². The number of rotatable bonds is 2. The van der Waals surface area contributed by atoms with Crippen LogP contribution in [0.1, 0.15) is 26.5 Å². The molecule has 17 heavy (non-hydrogen) atoms. The van der Waals surface area contributed by atoms with Crippen molar-refractivity contribution in [3.63, 3.8) is 0 Å². The van der Waals surface area contributed by atoms with E-state index in [9.17, 15) is 0 Å². The van der Waals surface area contributed by atoms with Gasteiger partial charge in [-0.25, -0.2) is 4.98 Å². The molecule has 0 radical (unpaired) electrons. The second-order valence-electron chi connectivity index (χ2n) is 4.21. The molecule has 1 aromatic heterocycles. The fourth-order valence-electron chi connectivity index (χ4n) is 1.71. The maximum atomic E-state index is 4.62. The molecule has 1 heterocycles. The first-order valence-corrected chi connectivity index (χ1v) is 5.74. The molecule has 2 heteroatoms. The van der Waals surface area contributed by atoms with Gasteiger partial charge in [0.25, 0.3) is 0 Å². The minimum absolute atomic E-state index is 0.924. The van der Waals surface area contributed by atoms with Crippen LogP contribution in [0.15, 0.2) is 48.2 Å². The Kier molecular flexibility index (Phi) is 3.33. The van der Waals surface area contributed by atoms with E-state index < -0.39 is 0 Å². The predicted molar refractivity (Wildman–Crippen MR) is 72.6 cm³/mol. The standard InChI is InChI=1S/C15H16N2/c1-4-12(9-11(2)3)15-10-16-13-7-5-6-8-14(13)17-15/h4-10H,1-3H3/b12-4+. The number of aromatic nitrogens is 2. The first-order chi connectivity index (χ1) is 8.20. The van der Waals surface area contributed by atoms with Gasteiger partial charge in [0.2, 0.25) is 0 Å². The van der Waals surface area contributed by atoms with Crippen LogP contribution in [0.4, 0.5) is 0 Å². The Bertz CT molecular complexity index is 591. The van der Waals surface area contributed by atoms with Crippen LogP contribution >= 0.6 is 0 Å². The minimum Gasteiger partial charge on any atom is -0.252 e. The van der Waals surface area contributed by atoms with Gasteiger partial charge < -0.3 is 0 Å². The molecule has 0 spiro atoms. The van der Waals surface area contributed by atoms with E-state index in [0.29, 0.717) is 0 Å².